The Bertz CT molecular complexity index is 1400. The third kappa shape index (κ3) is 4.58. The maximum atomic E-state index is 12.9. The highest BCUT2D eigenvalue weighted by Crippen LogP contribution is 2.30. The van der Waals surface area contributed by atoms with Gasteiger partial charge >= 0.3 is 0 Å². The summed E-state index contributed by atoms with van der Waals surface area (Å²) in [5.41, 5.74) is 2.27. The molecule has 6 rings (SSSR count). The minimum absolute atomic E-state index is 0.111. The molecule has 1 saturated carbocycles. The monoisotopic (exact) mass is 489 g/mol. The number of hydrogen-bond donors (Lipinski definition) is 2. The highest BCUT2D eigenvalue weighted by Gasteiger charge is 2.24. The van der Waals surface area contributed by atoms with Gasteiger partial charge in [-0.05, 0) is 44.2 Å². The van der Waals surface area contributed by atoms with E-state index in [0.717, 1.165) is 54.3 Å². The van der Waals surface area contributed by atoms with Gasteiger partial charge in [-0.1, -0.05) is 11.6 Å². The molecule has 0 bridgehead atoms. The first kappa shape index (κ1) is 22.7. The van der Waals surface area contributed by atoms with Crippen molar-refractivity contribution in [1.29, 1.82) is 0 Å². The molecule has 1 saturated heterocycles. The summed E-state index contributed by atoms with van der Waals surface area (Å²) in [6, 6.07) is 5.87. The molecule has 2 N–H and O–H groups in total. The minimum Gasteiger partial charge on any atom is -0.497 e. The number of H-pyrrole nitrogens is 1. The third-order valence-corrected chi connectivity index (χ3v) is 7.41. The maximum absolute atomic E-state index is 12.9. The molecule has 4 aromatic rings. The Kier molecular flexibility index (Phi) is 6.14. The van der Waals surface area contributed by atoms with E-state index >= 15 is 0 Å². The number of hydrogen-bond acceptors (Lipinski definition) is 8. The molecule has 2 aliphatic rings. The number of piperidine rings is 1. The third-order valence-electron chi connectivity index (χ3n) is 7.41. The van der Waals surface area contributed by atoms with E-state index in [1.54, 1.807) is 30.4 Å². The number of aromatic nitrogens is 7. The molecule has 0 amide bonds. The molecule has 0 unspecified atom stereocenters. The Hall–Kier alpha value is -3.73. The molecule has 36 heavy (non-hydrogen) atoms. The summed E-state index contributed by atoms with van der Waals surface area (Å²) >= 11 is 0. The van der Waals surface area contributed by atoms with Crippen LogP contribution < -0.4 is 20.5 Å². The summed E-state index contributed by atoms with van der Waals surface area (Å²) in [6.45, 7) is 3.14. The van der Waals surface area contributed by atoms with Crippen LogP contribution in [0.5, 0.6) is 5.75 Å². The highest BCUT2D eigenvalue weighted by molar-refractivity contribution is 5.94. The van der Waals surface area contributed by atoms with Gasteiger partial charge in [-0.25, -0.2) is 9.67 Å². The molecule has 0 radical (unpaired) electrons. The van der Waals surface area contributed by atoms with Crippen molar-refractivity contribution in [3.8, 4) is 17.0 Å². The van der Waals surface area contributed by atoms with Gasteiger partial charge in [0, 0.05) is 42.2 Å². The largest absolute Gasteiger partial charge is 0.497 e. The molecule has 4 heterocycles. The lowest BCUT2D eigenvalue weighted by Crippen LogP contribution is -2.48. The van der Waals surface area contributed by atoms with Crippen LogP contribution in [0.3, 0.4) is 0 Å². The van der Waals surface area contributed by atoms with E-state index in [1.165, 1.54) is 30.3 Å². The van der Waals surface area contributed by atoms with Crippen molar-refractivity contribution in [3.05, 3.63) is 47.3 Å². The number of methoxy groups -OCH3 is 1. The molecule has 2 fully saturated rings. The summed E-state index contributed by atoms with van der Waals surface area (Å²) in [6.07, 6.45) is 11.5. The van der Waals surface area contributed by atoms with Crippen LogP contribution >= 0.6 is 0 Å². The van der Waals surface area contributed by atoms with Crippen molar-refractivity contribution in [2.45, 2.75) is 44.8 Å². The number of aromatic amines is 1. The van der Waals surface area contributed by atoms with Crippen molar-refractivity contribution >= 4 is 16.7 Å². The summed E-state index contributed by atoms with van der Waals surface area (Å²) in [5.74, 6) is 2.28. The molecule has 3 aromatic heterocycles. The molecule has 1 aliphatic carbocycles. The lowest BCUT2D eigenvalue weighted by atomic mass is 9.85. The van der Waals surface area contributed by atoms with E-state index in [-0.39, 0.29) is 12.2 Å². The fraction of sp³-hybridized carbons (Fsp3) is 0.480. The topological polar surface area (TPSA) is 119 Å². The minimum atomic E-state index is -0.111. The molecule has 1 atom stereocenters. The normalized spacial score (nSPS) is 18.5. The lowest BCUT2D eigenvalue weighted by Gasteiger charge is -2.36. The van der Waals surface area contributed by atoms with E-state index in [1.807, 2.05) is 18.3 Å². The molecular formula is C25H31N9O2. The van der Waals surface area contributed by atoms with Crippen LogP contribution in [-0.4, -0.2) is 67.5 Å². The SMILES string of the molecule is COc1cc(-c2cn(Cn3cnc(N4CCC[C@@H](NCC5CCC5)C4)cc3=O)nn2)c2cn[nH]c2c1. The van der Waals surface area contributed by atoms with Crippen molar-refractivity contribution in [2.75, 3.05) is 31.6 Å². The zero-order valence-electron chi connectivity index (χ0n) is 20.4. The van der Waals surface area contributed by atoms with Crippen LogP contribution in [0.15, 0.2) is 41.7 Å². The van der Waals surface area contributed by atoms with Gasteiger partial charge in [0.1, 0.15) is 30.3 Å². The van der Waals surface area contributed by atoms with E-state index in [9.17, 15) is 4.79 Å². The van der Waals surface area contributed by atoms with Gasteiger partial charge in [-0.2, -0.15) is 5.10 Å². The molecule has 11 heteroatoms. The maximum Gasteiger partial charge on any atom is 0.256 e. The summed E-state index contributed by atoms with van der Waals surface area (Å²) in [5, 5.41) is 20.3. The molecule has 188 valence electrons. The first-order valence-electron chi connectivity index (χ1n) is 12.6. The Morgan fingerprint density at radius 1 is 1.19 bits per heavy atom. The Labute approximate surface area is 208 Å². The van der Waals surface area contributed by atoms with E-state index in [4.69, 9.17) is 4.74 Å². The van der Waals surface area contributed by atoms with Crippen LogP contribution in [0.2, 0.25) is 0 Å². The van der Waals surface area contributed by atoms with Gasteiger partial charge in [0.25, 0.3) is 5.56 Å². The van der Waals surface area contributed by atoms with Crippen LogP contribution in [-0.2, 0) is 6.67 Å². The van der Waals surface area contributed by atoms with Crippen molar-refractivity contribution in [3.63, 3.8) is 0 Å². The Morgan fingerprint density at radius 2 is 2.11 bits per heavy atom. The lowest BCUT2D eigenvalue weighted by molar-refractivity contribution is 0.280. The van der Waals surface area contributed by atoms with Crippen molar-refractivity contribution < 1.29 is 4.74 Å². The first-order valence-corrected chi connectivity index (χ1v) is 12.6. The number of ether oxygens (including phenoxy) is 1. The molecule has 1 aromatic carbocycles. The van der Waals surface area contributed by atoms with E-state index in [0.29, 0.717) is 17.5 Å². The second-order valence-corrected chi connectivity index (χ2v) is 9.84. The molecule has 1 aliphatic heterocycles. The van der Waals surface area contributed by atoms with Crippen LogP contribution in [0.25, 0.3) is 22.2 Å². The fourth-order valence-electron chi connectivity index (χ4n) is 5.08. The average Bonchev–Trinajstić information content (AvgIpc) is 3.53. The standard InChI is InChI=1S/C25H31N9O2/c1-36-19-8-20(21-12-28-29-22(21)9-19)23-14-34(31-30-23)16-33-15-27-24(10-25(33)35)32-7-3-6-18(13-32)26-11-17-4-2-5-17/h8-10,12,14-15,17-18,26H,2-7,11,13,16H2,1H3,(H,28,29)/t18-/m1/s1. The smallest absolute Gasteiger partial charge is 0.256 e. The van der Waals surface area contributed by atoms with E-state index < -0.39 is 0 Å². The number of rotatable bonds is 8. The molecular weight excluding hydrogens is 458 g/mol. The fourth-order valence-corrected chi connectivity index (χ4v) is 5.08. The van der Waals surface area contributed by atoms with Crippen LogP contribution in [0, 0.1) is 5.92 Å². The van der Waals surface area contributed by atoms with E-state index in [2.05, 4.69) is 35.7 Å². The number of nitrogens with zero attached hydrogens (tertiary/aromatic N) is 7. The predicted octanol–water partition coefficient (Wildman–Crippen LogP) is 2.25. The predicted molar refractivity (Wildman–Crippen MR) is 136 cm³/mol. The van der Waals surface area contributed by atoms with Crippen molar-refractivity contribution in [2.24, 2.45) is 5.92 Å². The van der Waals surface area contributed by atoms with Gasteiger partial charge in [-0.15, -0.1) is 5.10 Å². The highest BCUT2D eigenvalue weighted by atomic mass is 16.5. The van der Waals surface area contributed by atoms with Crippen LogP contribution in [0.1, 0.15) is 32.1 Å². The van der Waals surface area contributed by atoms with Gasteiger partial charge in [-0.3, -0.25) is 14.5 Å². The summed E-state index contributed by atoms with van der Waals surface area (Å²) in [7, 11) is 1.62. The second-order valence-electron chi connectivity index (χ2n) is 9.84. The zero-order valence-corrected chi connectivity index (χ0v) is 20.4. The average molecular weight is 490 g/mol. The number of fused-ring (bicyclic) bond motifs is 1. The number of anilines is 1. The Balaban J connectivity index is 1.15. The first-order chi connectivity index (χ1) is 17.7. The van der Waals surface area contributed by atoms with Gasteiger partial charge in [0.2, 0.25) is 0 Å². The summed E-state index contributed by atoms with van der Waals surface area (Å²) < 4.78 is 8.58. The molecule has 0 spiro atoms. The van der Waals surface area contributed by atoms with Crippen LogP contribution in [0.4, 0.5) is 5.82 Å². The quantitative estimate of drug-likeness (QED) is 0.387. The van der Waals surface area contributed by atoms with Gasteiger partial charge in [0.05, 0.1) is 25.0 Å². The summed E-state index contributed by atoms with van der Waals surface area (Å²) in [4.78, 5) is 19.8. The Morgan fingerprint density at radius 3 is 2.92 bits per heavy atom. The van der Waals surface area contributed by atoms with Gasteiger partial charge in [0.15, 0.2) is 0 Å². The zero-order chi connectivity index (χ0) is 24.5. The number of nitrogens with one attached hydrogen (secondary N) is 2. The molecule has 11 nitrogen and oxygen atoms in total. The second kappa shape index (κ2) is 9.73. The number of benzene rings is 1. The van der Waals surface area contributed by atoms with Crippen molar-refractivity contribution in [1.82, 2.24) is 40.1 Å². The van der Waals surface area contributed by atoms with Gasteiger partial charge < -0.3 is 15.0 Å².